The standard InChI is InChI=1S/C15H21N3O/c16-9-11-2-1-3-13(8-11)18-7-6-14-12(10-18)4-5-15(19)17-14/h1-3,8,12,14H,4-7,9-10,16H2,(H,17,19). The van der Waals surface area contributed by atoms with E-state index in [-0.39, 0.29) is 5.91 Å². The lowest BCUT2D eigenvalue weighted by molar-refractivity contribution is -0.124. The average Bonchev–Trinajstić information content (AvgIpc) is 2.46. The fourth-order valence-electron chi connectivity index (χ4n) is 3.22. The van der Waals surface area contributed by atoms with Gasteiger partial charge in [-0.1, -0.05) is 12.1 Å². The van der Waals surface area contributed by atoms with Crippen molar-refractivity contribution in [2.75, 3.05) is 18.0 Å². The lowest BCUT2D eigenvalue weighted by Crippen LogP contribution is -2.54. The van der Waals surface area contributed by atoms with Crippen LogP contribution in [0.1, 0.15) is 24.8 Å². The number of fused-ring (bicyclic) bond motifs is 1. The van der Waals surface area contributed by atoms with Crippen LogP contribution in [-0.4, -0.2) is 25.0 Å². The van der Waals surface area contributed by atoms with E-state index >= 15 is 0 Å². The predicted molar refractivity (Wildman–Crippen MR) is 75.8 cm³/mol. The third-order valence-electron chi connectivity index (χ3n) is 4.33. The summed E-state index contributed by atoms with van der Waals surface area (Å²) in [5.74, 6) is 0.813. The molecule has 1 aromatic rings. The SMILES string of the molecule is NCc1cccc(N2CCC3NC(=O)CCC3C2)c1. The van der Waals surface area contributed by atoms with Gasteiger partial charge < -0.3 is 16.0 Å². The average molecular weight is 259 g/mol. The number of nitrogens with two attached hydrogens (primary N) is 1. The maximum Gasteiger partial charge on any atom is 0.220 e. The van der Waals surface area contributed by atoms with Gasteiger partial charge in [-0.3, -0.25) is 4.79 Å². The summed E-state index contributed by atoms with van der Waals surface area (Å²) in [6.45, 7) is 2.64. The van der Waals surface area contributed by atoms with E-state index in [1.165, 1.54) is 11.3 Å². The van der Waals surface area contributed by atoms with Crippen molar-refractivity contribution >= 4 is 11.6 Å². The van der Waals surface area contributed by atoms with Gasteiger partial charge in [0.2, 0.25) is 5.91 Å². The summed E-state index contributed by atoms with van der Waals surface area (Å²) >= 11 is 0. The number of hydrogen-bond acceptors (Lipinski definition) is 3. The summed E-state index contributed by atoms with van der Waals surface area (Å²) in [7, 11) is 0. The van der Waals surface area contributed by atoms with Crippen molar-refractivity contribution in [1.82, 2.24) is 5.32 Å². The lowest BCUT2D eigenvalue weighted by atomic mass is 9.85. The van der Waals surface area contributed by atoms with Crippen LogP contribution in [0.25, 0.3) is 0 Å². The van der Waals surface area contributed by atoms with Crippen molar-refractivity contribution < 1.29 is 4.79 Å². The van der Waals surface area contributed by atoms with Gasteiger partial charge in [-0.25, -0.2) is 0 Å². The topological polar surface area (TPSA) is 58.4 Å². The molecule has 0 saturated carbocycles. The molecule has 2 fully saturated rings. The minimum atomic E-state index is 0.222. The highest BCUT2D eigenvalue weighted by molar-refractivity contribution is 5.77. The molecule has 1 aromatic carbocycles. The van der Waals surface area contributed by atoms with Crippen LogP contribution in [0.15, 0.2) is 24.3 Å². The summed E-state index contributed by atoms with van der Waals surface area (Å²) in [4.78, 5) is 13.8. The molecule has 102 valence electrons. The van der Waals surface area contributed by atoms with Crippen LogP contribution in [0.2, 0.25) is 0 Å². The third kappa shape index (κ3) is 2.59. The van der Waals surface area contributed by atoms with E-state index in [0.29, 0.717) is 24.9 Å². The van der Waals surface area contributed by atoms with Crippen molar-refractivity contribution in [2.24, 2.45) is 11.7 Å². The number of nitrogens with one attached hydrogen (secondary N) is 1. The van der Waals surface area contributed by atoms with Gasteiger partial charge in [-0.2, -0.15) is 0 Å². The molecule has 2 unspecified atom stereocenters. The number of carbonyl (C=O) groups is 1. The first kappa shape index (κ1) is 12.5. The fourth-order valence-corrected chi connectivity index (χ4v) is 3.22. The number of carbonyl (C=O) groups excluding carboxylic acids is 1. The highest BCUT2D eigenvalue weighted by atomic mass is 16.1. The van der Waals surface area contributed by atoms with Crippen LogP contribution < -0.4 is 16.0 Å². The Labute approximate surface area is 114 Å². The van der Waals surface area contributed by atoms with Crippen molar-refractivity contribution in [3.05, 3.63) is 29.8 Å². The van der Waals surface area contributed by atoms with E-state index in [2.05, 4.69) is 34.5 Å². The van der Waals surface area contributed by atoms with E-state index in [1.807, 2.05) is 0 Å². The molecule has 0 bridgehead atoms. The molecule has 0 spiro atoms. The van der Waals surface area contributed by atoms with Crippen LogP contribution in [0.4, 0.5) is 5.69 Å². The highest BCUT2D eigenvalue weighted by Gasteiger charge is 2.33. The van der Waals surface area contributed by atoms with Crippen molar-refractivity contribution in [3.8, 4) is 0 Å². The van der Waals surface area contributed by atoms with Crippen molar-refractivity contribution in [3.63, 3.8) is 0 Å². The second kappa shape index (κ2) is 5.21. The molecule has 2 aliphatic heterocycles. The number of rotatable bonds is 2. The van der Waals surface area contributed by atoms with Crippen LogP contribution in [0.3, 0.4) is 0 Å². The second-order valence-corrected chi connectivity index (χ2v) is 5.58. The van der Waals surface area contributed by atoms with E-state index in [0.717, 1.165) is 25.9 Å². The Bertz CT molecular complexity index is 474. The number of piperidine rings is 2. The van der Waals surface area contributed by atoms with Crippen molar-refractivity contribution in [1.29, 1.82) is 0 Å². The number of anilines is 1. The molecular weight excluding hydrogens is 238 g/mol. The Kier molecular flexibility index (Phi) is 3.42. The molecule has 3 rings (SSSR count). The minimum Gasteiger partial charge on any atom is -0.371 e. The first-order valence-electron chi connectivity index (χ1n) is 7.09. The number of nitrogens with zero attached hydrogens (tertiary/aromatic N) is 1. The Morgan fingerprint density at radius 3 is 3.11 bits per heavy atom. The van der Waals surface area contributed by atoms with Gasteiger partial charge in [0.1, 0.15) is 0 Å². The smallest absolute Gasteiger partial charge is 0.220 e. The zero-order valence-corrected chi connectivity index (χ0v) is 11.1. The quantitative estimate of drug-likeness (QED) is 0.840. The summed E-state index contributed by atoms with van der Waals surface area (Å²) in [6, 6.07) is 8.86. The molecular formula is C15H21N3O. The van der Waals surface area contributed by atoms with E-state index in [4.69, 9.17) is 5.73 Å². The molecule has 3 N–H and O–H groups in total. The summed E-state index contributed by atoms with van der Waals surface area (Å²) in [6.07, 6.45) is 2.74. The first-order valence-corrected chi connectivity index (χ1v) is 7.09. The fraction of sp³-hybridized carbons (Fsp3) is 0.533. The number of hydrogen-bond donors (Lipinski definition) is 2. The second-order valence-electron chi connectivity index (χ2n) is 5.58. The maximum atomic E-state index is 11.4. The van der Waals surface area contributed by atoms with Crippen LogP contribution in [0.5, 0.6) is 0 Å². The van der Waals surface area contributed by atoms with Gasteiger partial charge in [0.25, 0.3) is 0 Å². The molecule has 0 radical (unpaired) electrons. The lowest BCUT2D eigenvalue weighted by Gasteiger charge is -2.42. The Morgan fingerprint density at radius 1 is 1.37 bits per heavy atom. The van der Waals surface area contributed by atoms with E-state index in [1.54, 1.807) is 0 Å². The molecule has 4 nitrogen and oxygen atoms in total. The normalized spacial score (nSPS) is 26.8. The predicted octanol–water partition coefficient (Wildman–Crippen LogP) is 1.25. The van der Waals surface area contributed by atoms with E-state index in [9.17, 15) is 4.79 Å². The zero-order chi connectivity index (χ0) is 13.2. The number of amides is 1. The Morgan fingerprint density at radius 2 is 2.26 bits per heavy atom. The molecule has 0 aromatic heterocycles. The molecule has 2 heterocycles. The molecule has 1 amide bonds. The van der Waals surface area contributed by atoms with Crippen LogP contribution >= 0.6 is 0 Å². The Hall–Kier alpha value is -1.55. The molecule has 2 saturated heterocycles. The summed E-state index contributed by atoms with van der Waals surface area (Å²) in [5, 5.41) is 3.13. The van der Waals surface area contributed by atoms with Crippen LogP contribution in [-0.2, 0) is 11.3 Å². The van der Waals surface area contributed by atoms with E-state index < -0.39 is 0 Å². The largest absolute Gasteiger partial charge is 0.371 e. The minimum absolute atomic E-state index is 0.222. The van der Waals surface area contributed by atoms with Gasteiger partial charge in [-0.15, -0.1) is 0 Å². The van der Waals surface area contributed by atoms with Crippen LogP contribution in [0, 0.1) is 5.92 Å². The maximum absolute atomic E-state index is 11.4. The third-order valence-corrected chi connectivity index (χ3v) is 4.33. The van der Waals surface area contributed by atoms with Crippen molar-refractivity contribution in [2.45, 2.75) is 31.8 Å². The molecule has 4 heteroatoms. The van der Waals surface area contributed by atoms with Gasteiger partial charge in [0.15, 0.2) is 0 Å². The highest BCUT2D eigenvalue weighted by Crippen LogP contribution is 2.28. The molecule has 2 atom stereocenters. The Balaban J connectivity index is 1.72. The molecule has 2 aliphatic rings. The monoisotopic (exact) mass is 259 g/mol. The van der Waals surface area contributed by atoms with Gasteiger partial charge in [0.05, 0.1) is 0 Å². The number of benzene rings is 1. The van der Waals surface area contributed by atoms with Gasteiger partial charge >= 0.3 is 0 Å². The molecule has 0 aliphatic carbocycles. The van der Waals surface area contributed by atoms with Gasteiger partial charge in [0, 0.05) is 37.8 Å². The zero-order valence-electron chi connectivity index (χ0n) is 11.1. The first-order chi connectivity index (χ1) is 9.26. The van der Waals surface area contributed by atoms with Gasteiger partial charge in [-0.05, 0) is 36.5 Å². The molecule has 19 heavy (non-hydrogen) atoms. The summed E-state index contributed by atoms with van der Waals surface area (Å²) in [5.41, 5.74) is 8.14. The summed E-state index contributed by atoms with van der Waals surface area (Å²) < 4.78 is 0.